The lowest BCUT2D eigenvalue weighted by Gasteiger charge is -2.17. The van der Waals surface area contributed by atoms with Crippen LogP contribution < -0.4 is 10.5 Å². The minimum atomic E-state index is 0.0646. The first kappa shape index (κ1) is 13.4. The number of hydrogen-bond acceptors (Lipinski definition) is 3. The van der Waals surface area contributed by atoms with Crippen LogP contribution in [0, 0.1) is 0 Å². The van der Waals surface area contributed by atoms with Crippen LogP contribution in [0.1, 0.15) is 42.5 Å². The topological polar surface area (TPSA) is 55.6 Å². The SMILES string of the molecule is NC1CCN(C(=O)c2cccc(OC3CCCC3)c2)C1. The van der Waals surface area contributed by atoms with E-state index in [0.717, 1.165) is 31.6 Å². The van der Waals surface area contributed by atoms with Crippen LogP contribution in [0.25, 0.3) is 0 Å². The van der Waals surface area contributed by atoms with Crippen molar-refractivity contribution in [3.63, 3.8) is 0 Å². The third kappa shape index (κ3) is 2.96. The Balaban J connectivity index is 1.68. The summed E-state index contributed by atoms with van der Waals surface area (Å²) in [6.45, 7) is 1.42. The summed E-state index contributed by atoms with van der Waals surface area (Å²) in [7, 11) is 0. The van der Waals surface area contributed by atoms with E-state index in [9.17, 15) is 4.79 Å². The Labute approximate surface area is 119 Å². The van der Waals surface area contributed by atoms with Gasteiger partial charge in [-0.15, -0.1) is 0 Å². The molecular formula is C16H22N2O2. The molecule has 0 spiro atoms. The zero-order chi connectivity index (χ0) is 13.9. The number of benzene rings is 1. The standard InChI is InChI=1S/C16H22N2O2/c17-13-8-9-18(11-13)16(19)12-4-3-7-15(10-12)20-14-5-1-2-6-14/h3-4,7,10,13-14H,1-2,5-6,8-9,11,17H2. The monoisotopic (exact) mass is 274 g/mol. The number of nitrogens with zero attached hydrogens (tertiary/aromatic N) is 1. The number of hydrogen-bond donors (Lipinski definition) is 1. The molecule has 4 nitrogen and oxygen atoms in total. The van der Waals surface area contributed by atoms with Crippen LogP contribution in [0.4, 0.5) is 0 Å². The molecule has 1 saturated carbocycles. The molecule has 1 unspecified atom stereocenters. The maximum Gasteiger partial charge on any atom is 0.254 e. The van der Waals surface area contributed by atoms with Crippen molar-refractivity contribution in [2.24, 2.45) is 5.73 Å². The van der Waals surface area contributed by atoms with Gasteiger partial charge in [-0.3, -0.25) is 4.79 Å². The quantitative estimate of drug-likeness (QED) is 0.919. The van der Waals surface area contributed by atoms with Crippen molar-refractivity contribution >= 4 is 5.91 Å². The number of carbonyl (C=O) groups is 1. The van der Waals surface area contributed by atoms with Gasteiger partial charge in [-0.25, -0.2) is 0 Å². The third-order valence-corrected chi connectivity index (χ3v) is 4.20. The molecule has 1 saturated heterocycles. The lowest BCUT2D eigenvalue weighted by atomic mass is 10.2. The van der Waals surface area contributed by atoms with Crippen molar-refractivity contribution in [1.82, 2.24) is 4.90 Å². The fraction of sp³-hybridized carbons (Fsp3) is 0.562. The first-order valence-corrected chi connectivity index (χ1v) is 7.54. The van der Waals surface area contributed by atoms with E-state index >= 15 is 0 Å². The molecule has 2 fully saturated rings. The van der Waals surface area contributed by atoms with Gasteiger partial charge in [0.05, 0.1) is 6.10 Å². The second kappa shape index (κ2) is 5.83. The van der Waals surface area contributed by atoms with Gasteiger partial charge in [-0.1, -0.05) is 6.07 Å². The van der Waals surface area contributed by atoms with E-state index in [-0.39, 0.29) is 11.9 Å². The van der Waals surface area contributed by atoms with Crippen LogP contribution in [0.2, 0.25) is 0 Å². The molecule has 2 N–H and O–H groups in total. The van der Waals surface area contributed by atoms with E-state index in [1.807, 2.05) is 29.2 Å². The Kier molecular flexibility index (Phi) is 3.92. The molecule has 3 rings (SSSR count). The van der Waals surface area contributed by atoms with E-state index in [1.54, 1.807) is 0 Å². The molecular weight excluding hydrogens is 252 g/mol. The fourth-order valence-electron chi connectivity index (χ4n) is 3.06. The van der Waals surface area contributed by atoms with Crippen LogP contribution in [0.5, 0.6) is 5.75 Å². The van der Waals surface area contributed by atoms with Crippen molar-refractivity contribution in [1.29, 1.82) is 0 Å². The number of nitrogens with two attached hydrogens (primary N) is 1. The highest BCUT2D eigenvalue weighted by Gasteiger charge is 2.25. The van der Waals surface area contributed by atoms with Crippen LogP contribution in [0.15, 0.2) is 24.3 Å². The summed E-state index contributed by atoms with van der Waals surface area (Å²) in [5.41, 5.74) is 6.56. The maximum absolute atomic E-state index is 12.4. The maximum atomic E-state index is 12.4. The van der Waals surface area contributed by atoms with E-state index < -0.39 is 0 Å². The molecule has 0 bridgehead atoms. The Bertz CT molecular complexity index is 483. The molecule has 108 valence electrons. The fourth-order valence-corrected chi connectivity index (χ4v) is 3.06. The van der Waals surface area contributed by atoms with Gasteiger partial charge in [-0.2, -0.15) is 0 Å². The number of ether oxygens (including phenoxy) is 1. The number of amides is 1. The van der Waals surface area contributed by atoms with Gasteiger partial charge >= 0.3 is 0 Å². The molecule has 1 aromatic rings. The second-order valence-corrected chi connectivity index (χ2v) is 5.85. The normalized spacial score (nSPS) is 23.2. The van der Waals surface area contributed by atoms with Gasteiger partial charge in [0.1, 0.15) is 5.75 Å². The highest BCUT2D eigenvalue weighted by Crippen LogP contribution is 2.25. The van der Waals surface area contributed by atoms with Gasteiger partial charge in [0.25, 0.3) is 5.91 Å². The molecule has 0 radical (unpaired) electrons. The van der Waals surface area contributed by atoms with E-state index in [0.29, 0.717) is 18.2 Å². The van der Waals surface area contributed by atoms with Gasteiger partial charge in [0.15, 0.2) is 0 Å². The minimum Gasteiger partial charge on any atom is -0.490 e. The second-order valence-electron chi connectivity index (χ2n) is 5.85. The van der Waals surface area contributed by atoms with Crippen LogP contribution in [0.3, 0.4) is 0 Å². The van der Waals surface area contributed by atoms with Gasteiger partial charge in [-0.05, 0) is 50.3 Å². The molecule has 4 heteroatoms. The summed E-state index contributed by atoms with van der Waals surface area (Å²) in [6.07, 6.45) is 5.95. The zero-order valence-electron chi connectivity index (χ0n) is 11.8. The molecule has 1 aliphatic carbocycles. The lowest BCUT2D eigenvalue weighted by Crippen LogP contribution is -2.31. The van der Waals surface area contributed by atoms with Crippen molar-refractivity contribution in [2.45, 2.75) is 44.2 Å². The van der Waals surface area contributed by atoms with E-state index in [1.165, 1.54) is 12.8 Å². The van der Waals surface area contributed by atoms with Crippen molar-refractivity contribution in [3.8, 4) is 5.75 Å². The summed E-state index contributed by atoms with van der Waals surface area (Å²) in [5.74, 6) is 0.876. The lowest BCUT2D eigenvalue weighted by molar-refractivity contribution is 0.0790. The number of likely N-dealkylation sites (tertiary alicyclic amines) is 1. The summed E-state index contributed by atoms with van der Waals surface area (Å²) in [4.78, 5) is 14.2. The number of carbonyl (C=O) groups excluding carboxylic acids is 1. The molecule has 0 aromatic heterocycles. The highest BCUT2D eigenvalue weighted by atomic mass is 16.5. The molecule has 1 atom stereocenters. The molecule has 20 heavy (non-hydrogen) atoms. The van der Waals surface area contributed by atoms with Crippen LogP contribution >= 0.6 is 0 Å². The van der Waals surface area contributed by atoms with Gasteiger partial charge in [0, 0.05) is 24.7 Å². The Morgan fingerprint density at radius 2 is 2.05 bits per heavy atom. The Morgan fingerprint density at radius 3 is 2.75 bits per heavy atom. The van der Waals surface area contributed by atoms with E-state index in [4.69, 9.17) is 10.5 Å². The zero-order valence-corrected chi connectivity index (χ0v) is 11.8. The Morgan fingerprint density at radius 1 is 1.25 bits per heavy atom. The predicted molar refractivity (Wildman–Crippen MR) is 77.8 cm³/mol. The number of rotatable bonds is 3. The molecule has 1 heterocycles. The molecule has 1 amide bonds. The third-order valence-electron chi connectivity index (χ3n) is 4.20. The van der Waals surface area contributed by atoms with Gasteiger partial charge in [0.2, 0.25) is 0 Å². The Hall–Kier alpha value is -1.55. The van der Waals surface area contributed by atoms with Gasteiger partial charge < -0.3 is 15.4 Å². The average Bonchev–Trinajstić information content (AvgIpc) is 3.10. The van der Waals surface area contributed by atoms with E-state index in [2.05, 4.69) is 0 Å². The summed E-state index contributed by atoms with van der Waals surface area (Å²) in [6, 6.07) is 7.67. The molecule has 2 aliphatic rings. The molecule has 1 aromatic carbocycles. The van der Waals surface area contributed by atoms with Crippen molar-refractivity contribution < 1.29 is 9.53 Å². The largest absolute Gasteiger partial charge is 0.490 e. The predicted octanol–water partition coefficient (Wildman–Crippen LogP) is 2.18. The first-order valence-electron chi connectivity index (χ1n) is 7.54. The van der Waals surface area contributed by atoms with Crippen molar-refractivity contribution in [2.75, 3.05) is 13.1 Å². The van der Waals surface area contributed by atoms with Crippen molar-refractivity contribution in [3.05, 3.63) is 29.8 Å². The minimum absolute atomic E-state index is 0.0646. The summed E-state index contributed by atoms with van der Waals surface area (Å²) >= 11 is 0. The average molecular weight is 274 g/mol. The molecule has 1 aliphatic heterocycles. The van der Waals surface area contributed by atoms with Crippen LogP contribution in [-0.4, -0.2) is 36.0 Å². The highest BCUT2D eigenvalue weighted by molar-refractivity contribution is 5.94. The summed E-state index contributed by atoms with van der Waals surface area (Å²) in [5, 5.41) is 0. The first-order chi connectivity index (χ1) is 9.72. The smallest absolute Gasteiger partial charge is 0.254 e. The summed E-state index contributed by atoms with van der Waals surface area (Å²) < 4.78 is 5.95. The van der Waals surface area contributed by atoms with Crippen LogP contribution in [-0.2, 0) is 0 Å².